The zero-order chi connectivity index (χ0) is 17.4. The lowest BCUT2D eigenvalue weighted by molar-refractivity contribution is -0.384. The Kier molecular flexibility index (Phi) is 3.64. The van der Waals surface area contributed by atoms with Crippen molar-refractivity contribution in [3.8, 4) is 5.88 Å². The van der Waals surface area contributed by atoms with E-state index in [4.69, 9.17) is 0 Å². The fourth-order valence-electron chi connectivity index (χ4n) is 2.51. The van der Waals surface area contributed by atoms with Crippen LogP contribution < -0.4 is 16.7 Å². The van der Waals surface area contributed by atoms with Crippen LogP contribution in [-0.2, 0) is 7.05 Å². The fourth-order valence-corrected chi connectivity index (χ4v) is 2.51. The fraction of sp³-hybridized carbons (Fsp3) is 0.214. The summed E-state index contributed by atoms with van der Waals surface area (Å²) in [6, 6.07) is 5.68. The number of benzene rings is 1. The normalized spacial score (nSPS) is 16.5. The molecule has 24 heavy (non-hydrogen) atoms. The van der Waals surface area contributed by atoms with Crippen LogP contribution in [0.1, 0.15) is 23.6 Å². The maximum Gasteiger partial charge on any atom is 0.330 e. The molecule has 0 spiro atoms. The molecule has 3 rings (SSSR count). The van der Waals surface area contributed by atoms with Crippen LogP contribution in [0.3, 0.4) is 0 Å². The number of nitrogens with one attached hydrogen (secondary N) is 2. The number of rotatable bonds is 3. The Hall–Kier alpha value is -3.43. The van der Waals surface area contributed by atoms with Crippen molar-refractivity contribution in [1.82, 2.24) is 15.0 Å². The predicted octanol–water partition coefficient (Wildman–Crippen LogP) is 0.126. The summed E-state index contributed by atoms with van der Waals surface area (Å²) >= 11 is 0. The number of nitrogens with zero attached hydrogens (tertiary/aromatic N) is 3. The molecular formula is C14H13N5O5. The zero-order valence-electron chi connectivity index (χ0n) is 12.5. The minimum Gasteiger partial charge on any atom is -0.494 e. The first-order valence-corrected chi connectivity index (χ1v) is 6.97. The molecule has 0 unspecified atom stereocenters. The summed E-state index contributed by atoms with van der Waals surface area (Å²) in [5, 5.41) is 24.9. The molecule has 1 aromatic heterocycles. The van der Waals surface area contributed by atoms with Gasteiger partial charge in [-0.1, -0.05) is 12.1 Å². The van der Waals surface area contributed by atoms with E-state index in [1.54, 1.807) is 12.1 Å². The lowest BCUT2D eigenvalue weighted by Crippen LogP contribution is -2.32. The number of H-pyrrole nitrogens is 1. The summed E-state index contributed by atoms with van der Waals surface area (Å²) in [7, 11) is 1.32. The summed E-state index contributed by atoms with van der Waals surface area (Å²) in [5.74, 6) is -0.482. The molecule has 1 aromatic carbocycles. The van der Waals surface area contributed by atoms with E-state index in [1.165, 1.54) is 19.2 Å². The second-order valence-corrected chi connectivity index (χ2v) is 5.31. The number of aromatic nitrogens is 2. The Labute approximate surface area is 134 Å². The second-order valence-electron chi connectivity index (χ2n) is 5.31. The third-order valence-corrected chi connectivity index (χ3v) is 3.82. The zero-order valence-corrected chi connectivity index (χ0v) is 12.5. The van der Waals surface area contributed by atoms with Crippen LogP contribution in [0.2, 0.25) is 0 Å². The van der Waals surface area contributed by atoms with Gasteiger partial charge in [0.2, 0.25) is 5.88 Å². The van der Waals surface area contributed by atoms with E-state index in [0.29, 0.717) is 5.56 Å². The minimum absolute atomic E-state index is 0.0504. The molecule has 1 aliphatic heterocycles. The number of hydrogen-bond donors (Lipinski definition) is 3. The van der Waals surface area contributed by atoms with Gasteiger partial charge in [-0.25, -0.2) is 4.79 Å². The molecule has 1 atom stereocenters. The quantitative estimate of drug-likeness (QED) is 0.539. The van der Waals surface area contributed by atoms with Gasteiger partial charge in [-0.2, -0.15) is 5.10 Å². The van der Waals surface area contributed by atoms with Crippen molar-refractivity contribution in [3.05, 3.63) is 66.3 Å². The van der Waals surface area contributed by atoms with Crippen molar-refractivity contribution < 1.29 is 10.0 Å². The topological polar surface area (TPSA) is 143 Å². The molecule has 3 N–H and O–H groups in total. The number of aromatic amines is 1. The van der Waals surface area contributed by atoms with Crippen molar-refractivity contribution >= 4 is 11.4 Å². The molecule has 2 heterocycles. The Bertz CT molecular complexity index is 974. The summed E-state index contributed by atoms with van der Waals surface area (Å²) in [4.78, 5) is 35.9. The van der Waals surface area contributed by atoms with Gasteiger partial charge < -0.3 is 10.5 Å². The smallest absolute Gasteiger partial charge is 0.330 e. The van der Waals surface area contributed by atoms with Crippen molar-refractivity contribution in [1.29, 1.82) is 0 Å². The molecule has 0 bridgehead atoms. The van der Waals surface area contributed by atoms with Crippen LogP contribution in [0.4, 0.5) is 5.69 Å². The van der Waals surface area contributed by atoms with E-state index < -0.39 is 22.1 Å². The first-order chi connectivity index (χ1) is 11.4. The number of nitro benzene ring substituents is 1. The highest BCUT2D eigenvalue weighted by Gasteiger charge is 2.27. The summed E-state index contributed by atoms with van der Waals surface area (Å²) in [6.07, 6.45) is 0.232. The van der Waals surface area contributed by atoms with Crippen LogP contribution in [0.15, 0.2) is 39.0 Å². The van der Waals surface area contributed by atoms with E-state index >= 15 is 0 Å². The maximum atomic E-state index is 12.0. The highest BCUT2D eigenvalue weighted by atomic mass is 16.6. The SMILES string of the molecule is Cn1c(O)c(C2=NN[C@@H](c3cccc([N+](=O)[O-])c3)C2)c(=O)[nH]c1=O. The molecule has 0 amide bonds. The first kappa shape index (κ1) is 15.5. The van der Waals surface area contributed by atoms with Crippen LogP contribution in [-0.4, -0.2) is 25.3 Å². The van der Waals surface area contributed by atoms with Gasteiger partial charge in [0.15, 0.2) is 0 Å². The van der Waals surface area contributed by atoms with Gasteiger partial charge in [-0.05, 0) is 5.56 Å². The number of hydrogen-bond acceptors (Lipinski definition) is 7. The van der Waals surface area contributed by atoms with Crippen LogP contribution in [0, 0.1) is 10.1 Å². The number of hydrazone groups is 1. The van der Waals surface area contributed by atoms with Gasteiger partial charge in [0.1, 0.15) is 5.56 Å². The Balaban J connectivity index is 1.93. The van der Waals surface area contributed by atoms with Gasteiger partial charge >= 0.3 is 5.69 Å². The molecule has 2 aromatic rings. The van der Waals surface area contributed by atoms with Gasteiger partial charge in [0.05, 0.1) is 16.7 Å². The summed E-state index contributed by atoms with van der Waals surface area (Å²) < 4.78 is 0.903. The van der Waals surface area contributed by atoms with Crippen molar-refractivity contribution in [2.75, 3.05) is 0 Å². The first-order valence-electron chi connectivity index (χ1n) is 6.97. The maximum absolute atomic E-state index is 12.0. The Morgan fingerprint density at radius 2 is 2.17 bits per heavy atom. The van der Waals surface area contributed by atoms with E-state index in [1.807, 2.05) is 0 Å². The molecule has 0 saturated heterocycles. The molecule has 10 heteroatoms. The summed E-state index contributed by atoms with van der Waals surface area (Å²) in [5.41, 5.74) is 2.06. The minimum atomic E-state index is -0.740. The molecule has 124 valence electrons. The average Bonchev–Trinajstić information content (AvgIpc) is 3.02. The van der Waals surface area contributed by atoms with Crippen molar-refractivity contribution in [2.45, 2.75) is 12.5 Å². The van der Waals surface area contributed by atoms with Gasteiger partial charge in [0.25, 0.3) is 11.2 Å². The highest BCUT2D eigenvalue weighted by molar-refractivity contribution is 6.03. The van der Waals surface area contributed by atoms with Gasteiger partial charge in [0, 0.05) is 25.6 Å². The molecule has 0 saturated carbocycles. The number of aromatic hydroxyl groups is 1. The predicted molar refractivity (Wildman–Crippen MR) is 84.1 cm³/mol. The molecular weight excluding hydrogens is 318 g/mol. The van der Waals surface area contributed by atoms with Crippen LogP contribution in [0.5, 0.6) is 5.88 Å². The summed E-state index contributed by atoms with van der Waals surface area (Å²) in [6.45, 7) is 0. The second kappa shape index (κ2) is 5.65. The number of non-ortho nitro benzene ring substituents is 1. The lowest BCUT2D eigenvalue weighted by Gasteiger charge is -2.10. The van der Waals surface area contributed by atoms with Crippen molar-refractivity contribution in [3.63, 3.8) is 0 Å². The molecule has 0 radical (unpaired) electrons. The van der Waals surface area contributed by atoms with Gasteiger partial charge in [-0.15, -0.1) is 0 Å². The van der Waals surface area contributed by atoms with Crippen molar-refractivity contribution in [2.24, 2.45) is 12.1 Å². The largest absolute Gasteiger partial charge is 0.494 e. The molecule has 0 aliphatic carbocycles. The molecule has 10 nitrogen and oxygen atoms in total. The van der Waals surface area contributed by atoms with Gasteiger partial charge in [-0.3, -0.25) is 24.5 Å². The number of nitro groups is 1. The monoisotopic (exact) mass is 331 g/mol. The standard InChI is InChI=1S/C14H13N5O5/c1-18-13(21)11(12(20)15-14(18)22)10-6-9(16-17-10)7-3-2-4-8(5-7)19(23)24/h2-5,9,16,21H,6H2,1H3,(H,15,20,22)/t9-/m1/s1. The van der Waals surface area contributed by atoms with E-state index in [2.05, 4.69) is 15.5 Å². The third kappa shape index (κ3) is 2.53. The van der Waals surface area contributed by atoms with E-state index in [-0.39, 0.29) is 29.4 Å². The third-order valence-electron chi connectivity index (χ3n) is 3.82. The Morgan fingerprint density at radius 3 is 2.88 bits per heavy atom. The average molecular weight is 331 g/mol. The molecule has 0 fully saturated rings. The van der Waals surface area contributed by atoms with Crippen LogP contribution >= 0.6 is 0 Å². The van der Waals surface area contributed by atoms with E-state index in [9.17, 15) is 24.8 Å². The highest BCUT2D eigenvalue weighted by Crippen LogP contribution is 2.27. The van der Waals surface area contributed by atoms with Crippen LogP contribution in [0.25, 0.3) is 0 Å². The molecule has 1 aliphatic rings. The van der Waals surface area contributed by atoms with E-state index in [0.717, 1.165) is 4.57 Å². The Morgan fingerprint density at radius 1 is 1.42 bits per heavy atom. The lowest BCUT2D eigenvalue weighted by atomic mass is 9.99.